The monoisotopic (exact) mass is 420 g/mol. The number of fused-ring (bicyclic) bond motifs is 1. The van der Waals surface area contributed by atoms with Gasteiger partial charge in [0.15, 0.2) is 0 Å². The quantitative estimate of drug-likeness (QED) is 0.449. The van der Waals surface area contributed by atoms with E-state index in [-0.39, 0.29) is 31.5 Å². The molecule has 0 aliphatic heterocycles. The number of carboxylic acid groups (broad SMARTS) is 2. The van der Waals surface area contributed by atoms with Crippen molar-refractivity contribution in [1.29, 1.82) is 0 Å². The van der Waals surface area contributed by atoms with Crippen molar-refractivity contribution in [2.24, 2.45) is 0 Å². The molecule has 2 N–H and O–H groups in total. The number of rotatable bonds is 12. The summed E-state index contributed by atoms with van der Waals surface area (Å²) in [4.78, 5) is 22.6. The van der Waals surface area contributed by atoms with Gasteiger partial charge in [-0.05, 0) is 48.4 Å². The van der Waals surface area contributed by atoms with Crippen LogP contribution >= 0.6 is 7.37 Å². The van der Waals surface area contributed by atoms with Crippen LogP contribution in [0.4, 0.5) is 0 Å². The van der Waals surface area contributed by atoms with Crippen LogP contribution in [-0.2, 0) is 18.7 Å². The summed E-state index contributed by atoms with van der Waals surface area (Å²) in [5, 5.41) is 20.7. The highest BCUT2D eigenvalue weighted by Crippen LogP contribution is 2.55. The lowest BCUT2D eigenvalue weighted by Gasteiger charge is -2.26. The molecule has 7 heteroatoms. The smallest absolute Gasteiger partial charge is 0.316 e. The van der Waals surface area contributed by atoms with Crippen LogP contribution in [0.3, 0.4) is 0 Å². The van der Waals surface area contributed by atoms with Gasteiger partial charge in [-0.15, -0.1) is 0 Å². The van der Waals surface area contributed by atoms with Crippen molar-refractivity contribution in [2.75, 3.05) is 12.8 Å². The lowest BCUT2D eigenvalue weighted by molar-refractivity contribution is -0.138. The average molecular weight is 420 g/mol. The van der Waals surface area contributed by atoms with Crippen LogP contribution in [0.1, 0.15) is 51.0 Å². The van der Waals surface area contributed by atoms with Gasteiger partial charge in [-0.3, -0.25) is 14.2 Å². The minimum atomic E-state index is -3.54. The van der Waals surface area contributed by atoms with Crippen molar-refractivity contribution < 1.29 is 28.9 Å². The van der Waals surface area contributed by atoms with Crippen LogP contribution in [0.15, 0.2) is 42.5 Å². The van der Waals surface area contributed by atoms with Crippen molar-refractivity contribution in [2.45, 2.75) is 51.1 Å². The molecule has 0 fully saturated rings. The predicted octanol–water partition coefficient (Wildman–Crippen LogP) is 5.36. The zero-order valence-electron chi connectivity index (χ0n) is 16.9. The van der Waals surface area contributed by atoms with E-state index >= 15 is 0 Å². The summed E-state index contributed by atoms with van der Waals surface area (Å²) in [5.74, 6) is -2.26. The summed E-state index contributed by atoms with van der Waals surface area (Å²) in [5.41, 5.74) is -0.181. The Morgan fingerprint density at radius 2 is 1.72 bits per heavy atom. The van der Waals surface area contributed by atoms with E-state index < -0.39 is 25.0 Å². The van der Waals surface area contributed by atoms with Gasteiger partial charge in [-0.1, -0.05) is 49.4 Å². The molecule has 0 aromatic heterocycles. The molecule has 2 aromatic carbocycles. The van der Waals surface area contributed by atoms with Crippen molar-refractivity contribution in [3.8, 4) is 0 Å². The van der Waals surface area contributed by atoms with E-state index in [4.69, 9.17) is 9.63 Å². The molecular formula is C22H29O6P. The number of hydrogen-bond acceptors (Lipinski definition) is 4. The zero-order valence-corrected chi connectivity index (χ0v) is 17.8. The number of carbonyl (C=O) groups is 2. The van der Waals surface area contributed by atoms with E-state index in [0.717, 1.165) is 22.8 Å². The first-order chi connectivity index (χ1) is 13.8. The Balaban J connectivity index is 2.21. The number of aliphatic carboxylic acids is 2. The van der Waals surface area contributed by atoms with Crippen LogP contribution in [0, 0.1) is 0 Å². The second-order valence-electron chi connectivity index (χ2n) is 7.15. The lowest BCUT2D eigenvalue weighted by Crippen LogP contribution is -2.25. The van der Waals surface area contributed by atoms with Crippen LogP contribution in [-0.4, -0.2) is 40.6 Å². The van der Waals surface area contributed by atoms with Crippen molar-refractivity contribution in [3.63, 3.8) is 0 Å². The summed E-state index contributed by atoms with van der Waals surface area (Å²) >= 11 is 0. The first-order valence-electron chi connectivity index (χ1n) is 9.97. The Morgan fingerprint density at radius 3 is 2.31 bits per heavy atom. The summed E-state index contributed by atoms with van der Waals surface area (Å²) < 4.78 is 18.9. The van der Waals surface area contributed by atoms with E-state index in [1.165, 1.54) is 0 Å². The summed E-state index contributed by atoms with van der Waals surface area (Å²) in [6, 6.07) is 14.3. The van der Waals surface area contributed by atoms with Crippen molar-refractivity contribution >= 4 is 30.1 Å². The summed E-state index contributed by atoms with van der Waals surface area (Å²) in [6.07, 6.45) is 0.897. The van der Waals surface area contributed by atoms with E-state index in [1.54, 1.807) is 6.92 Å². The standard InChI is InChI=1S/C22H29O6P/c1-3-16(19-10-9-17-7-5-6-8-18(17)15-19)13-14-29(27,28-4-2)20(22(25)26)11-12-21(23)24/h5-10,15-16,20H,3-4,11-14H2,1-2H3,(H,23,24)(H,25,26). The highest BCUT2D eigenvalue weighted by molar-refractivity contribution is 7.60. The Hall–Kier alpha value is -2.17. The average Bonchev–Trinajstić information content (AvgIpc) is 2.68. The van der Waals surface area contributed by atoms with E-state index in [2.05, 4.69) is 18.2 Å². The fraction of sp³-hybridized carbons (Fsp3) is 0.455. The molecule has 0 saturated heterocycles. The molecule has 3 unspecified atom stereocenters. The van der Waals surface area contributed by atoms with Gasteiger partial charge in [-0.25, -0.2) is 0 Å². The minimum absolute atomic E-state index is 0.113. The van der Waals surface area contributed by atoms with Crippen LogP contribution < -0.4 is 0 Å². The maximum atomic E-state index is 13.4. The molecule has 2 rings (SSSR count). The molecule has 0 aliphatic rings. The van der Waals surface area contributed by atoms with Gasteiger partial charge in [0.2, 0.25) is 7.37 Å². The molecule has 3 atom stereocenters. The number of benzene rings is 2. The van der Waals surface area contributed by atoms with Crippen molar-refractivity contribution in [3.05, 3.63) is 48.0 Å². The van der Waals surface area contributed by atoms with Gasteiger partial charge in [0.1, 0.15) is 5.66 Å². The molecule has 158 valence electrons. The normalized spacial score (nSPS) is 15.5. The maximum Gasteiger partial charge on any atom is 0.316 e. The molecule has 0 aliphatic carbocycles. The van der Waals surface area contributed by atoms with Gasteiger partial charge in [-0.2, -0.15) is 0 Å². The maximum absolute atomic E-state index is 13.4. The Morgan fingerprint density at radius 1 is 1.03 bits per heavy atom. The van der Waals surface area contributed by atoms with Crippen molar-refractivity contribution in [1.82, 2.24) is 0 Å². The fourth-order valence-corrected chi connectivity index (χ4v) is 6.27. The van der Waals surface area contributed by atoms with E-state index in [1.807, 2.05) is 31.2 Å². The number of hydrogen-bond donors (Lipinski definition) is 2. The second kappa shape index (κ2) is 10.6. The highest BCUT2D eigenvalue weighted by atomic mass is 31.2. The second-order valence-corrected chi connectivity index (χ2v) is 9.94. The third-order valence-corrected chi connectivity index (χ3v) is 8.27. The third kappa shape index (κ3) is 6.15. The Labute approximate surface area is 171 Å². The van der Waals surface area contributed by atoms with Gasteiger partial charge >= 0.3 is 11.9 Å². The number of carboxylic acids is 2. The topological polar surface area (TPSA) is 101 Å². The molecule has 0 amide bonds. The molecule has 0 bridgehead atoms. The fourth-order valence-electron chi connectivity index (χ4n) is 3.68. The molecule has 0 saturated carbocycles. The lowest BCUT2D eigenvalue weighted by atomic mass is 9.92. The van der Waals surface area contributed by atoms with Gasteiger partial charge in [0.05, 0.1) is 6.61 Å². The molecule has 29 heavy (non-hydrogen) atoms. The summed E-state index contributed by atoms with van der Waals surface area (Å²) in [7, 11) is -3.54. The Kier molecular flexibility index (Phi) is 8.42. The molecule has 2 aromatic rings. The van der Waals surface area contributed by atoms with Gasteiger partial charge < -0.3 is 14.7 Å². The van der Waals surface area contributed by atoms with Gasteiger partial charge in [0, 0.05) is 12.6 Å². The van der Waals surface area contributed by atoms with Crippen LogP contribution in [0.2, 0.25) is 0 Å². The minimum Gasteiger partial charge on any atom is -0.481 e. The zero-order chi connectivity index (χ0) is 21.4. The Bertz CT molecular complexity index is 894. The van der Waals surface area contributed by atoms with Crippen LogP contribution in [0.25, 0.3) is 10.8 Å². The largest absolute Gasteiger partial charge is 0.481 e. The highest BCUT2D eigenvalue weighted by Gasteiger charge is 2.39. The molecular weight excluding hydrogens is 391 g/mol. The van der Waals surface area contributed by atoms with Crippen LogP contribution in [0.5, 0.6) is 0 Å². The first-order valence-corrected chi connectivity index (χ1v) is 11.8. The third-order valence-electron chi connectivity index (χ3n) is 5.27. The van der Waals surface area contributed by atoms with Gasteiger partial charge in [0.25, 0.3) is 0 Å². The summed E-state index contributed by atoms with van der Waals surface area (Å²) in [6.45, 7) is 3.84. The molecule has 0 radical (unpaired) electrons. The molecule has 0 heterocycles. The van der Waals surface area contributed by atoms with E-state index in [0.29, 0.717) is 6.42 Å². The SMILES string of the molecule is CCOP(=O)(CCC(CC)c1ccc2ccccc2c1)C(CCC(=O)O)C(=O)O. The predicted molar refractivity (Wildman–Crippen MR) is 114 cm³/mol. The first kappa shape index (κ1) is 23.1. The molecule has 6 nitrogen and oxygen atoms in total. The van der Waals surface area contributed by atoms with E-state index in [9.17, 15) is 19.3 Å². The molecule has 0 spiro atoms.